The number of aliphatic hydroxyl groups is 1. The van der Waals surface area contributed by atoms with Gasteiger partial charge < -0.3 is 10.2 Å². The number of aliphatic hydroxyl groups excluding tert-OH is 1. The van der Waals surface area contributed by atoms with Crippen molar-refractivity contribution < 1.29 is 10.2 Å². The Morgan fingerprint density at radius 3 is 2.15 bits per heavy atom. The molecule has 0 saturated heterocycles. The minimum Gasteiger partial charge on any atom is -0.508 e. The average molecular weight is 266 g/mol. The Labute approximate surface area is 119 Å². The summed E-state index contributed by atoms with van der Waals surface area (Å²) < 4.78 is 0. The van der Waals surface area contributed by atoms with Gasteiger partial charge in [-0.25, -0.2) is 0 Å². The predicted octanol–water partition coefficient (Wildman–Crippen LogP) is 3.85. The summed E-state index contributed by atoms with van der Waals surface area (Å²) in [6, 6.07) is 17.6. The molecule has 2 aromatic carbocycles. The van der Waals surface area contributed by atoms with E-state index in [1.165, 1.54) is 16.7 Å². The van der Waals surface area contributed by atoms with Crippen LogP contribution in [0, 0.1) is 0 Å². The number of allylic oxidation sites excluding steroid dienone is 1. The van der Waals surface area contributed by atoms with Gasteiger partial charge in [0.05, 0.1) is 6.10 Å². The molecule has 1 aliphatic carbocycles. The van der Waals surface area contributed by atoms with Crippen LogP contribution in [0.25, 0.3) is 11.1 Å². The van der Waals surface area contributed by atoms with Crippen LogP contribution in [0.1, 0.15) is 30.4 Å². The third kappa shape index (κ3) is 2.61. The van der Waals surface area contributed by atoms with E-state index >= 15 is 0 Å². The molecule has 0 saturated carbocycles. The Kier molecular flexibility index (Phi) is 3.57. The summed E-state index contributed by atoms with van der Waals surface area (Å²) >= 11 is 0. The maximum Gasteiger partial charge on any atom is 0.115 e. The molecule has 2 heteroatoms. The highest BCUT2D eigenvalue weighted by Crippen LogP contribution is 2.38. The standard InChI is InChI=1S/C18H18O2/c19-15-8-6-14(7-9-15)17-11-10-16(20)12-18(17)13-4-2-1-3-5-13/h1-9,16,19-20H,10-12H2. The van der Waals surface area contributed by atoms with Crippen LogP contribution in [0.2, 0.25) is 0 Å². The van der Waals surface area contributed by atoms with Crippen LogP contribution < -0.4 is 0 Å². The zero-order chi connectivity index (χ0) is 13.9. The first-order chi connectivity index (χ1) is 9.74. The number of aromatic hydroxyl groups is 1. The topological polar surface area (TPSA) is 40.5 Å². The van der Waals surface area contributed by atoms with Crippen LogP contribution in [0.4, 0.5) is 0 Å². The van der Waals surface area contributed by atoms with Gasteiger partial charge in [-0.2, -0.15) is 0 Å². The van der Waals surface area contributed by atoms with Crippen molar-refractivity contribution in [3.05, 3.63) is 65.7 Å². The lowest BCUT2D eigenvalue weighted by atomic mass is 9.83. The molecule has 1 unspecified atom stereocenters. The zero-order valence-electron chi connectivity index (χ0n) is 11.3. The van der Waals surface area contributed by atoms with E-state index < -0.39 is 0 Å². The van der Waals surface area contributed by atoms with Crippen LogP contribution >= 0.6 is 0 Å². The van der Waals surface area contributed by atoms with Crippen LogP contribution in [-0.4, -0.2) is 16.3 Å². The molecule has 1 atom stereocenters. The van der Waals surface area contributed by atoms with Crippen molar-refractivity contribution >= 4 is 11.1 Å². The third-order valence-electron chi connectivity index (χ3n) is 3.87. The molecule has 20 heavy (non-hydrogen) atoms. The molecule has 1 aliphatic rings. The van der Waals surface area contributed by atoms with Crippen LogP contribution in [0.15, 0.2) is 54.6 Å². The molecule has 0 bridgehead atoms. The quantitative estimate of drug-likeness (QED) is 0.866. The minimum atomic E-state index is -0.258. The number of phenolic OH excluding ortho intramolecular Hbond substituents is 1. The molecule has 0 amide bonds. The summed E-state index contributed by atoms with van der Waals surface area (Å²) in [5.41, 5.74) is 4.81. The molecule has 0 spiro atoms. The summed E-state index contributed by atoms with van der Waals surface area (Å²) in [6.45, 7) is 0. The van der Waals surface area contributed by atoms with E-state index in [4.69, 9.17) is 0 Å². The molecule has 0 aliphatic heterocycles. The second-order valence-corrected chi connectivity index (χ2v) is 5.27. The normalized spacial score (nSPS) is 19.1. The number of hydrogen-bond donors (Lipinski definition) is 2. The van der Waals surface area contributed by atoms with E-state index in [-0.39, 0.29) is 11.9 Å². The van der Waals surface area contributed by atoms with Crippen molar-refractivity contribution in [3.63, 3.8) is 0 Å². The highest BCUT2D eigenvalue weighted by atomic mass is 16.3. The molecular formula is C18H18O2. The fourth-order valence-electron chi connectivity index (χ4n) is 2.84. The molecule has 0 fully saturated rings. The lowest BCUT2D eigenvalue weighted by molar-refractivity contribution is 0.169. The monoisotopic (exact) mass is 266 g/mol. The van der Waals surface area contributed by atoms with E-state index in [1.54, 1.807) is 12.1 Å². The third-order valence-corrected chi connectivity index (χ3v) is 3.87. The van der Waals surface area contributed by atoms with Crippen molar-refractivity contribution in [2.75, 3.05) is 0 Å². The van der Waals surface area contributed by atoms with E-state index in [9.17, 15) is 10.2 Å². The Morgan fingerprint density at radius 1 is 0.800 bits per heavy atom. The van der Waals surface area contributed by atoms with Crippen molar-refractivity contribution in [2.45, 2.75) is 25.4 Å². The molecule has 0 aromatic heterocycles. The van der Waals surface area contributed by atoms with Crippen molar-refractivity contribution in [2.24, 2.45) is 0 Å². The number of rotatable bonds is 2. The Morgan fingerprint density at radius 2 is 1.45 bits per heavy atom. The smallest absolute Gasteiger partial charge is 0.115 e. The molecule has 2 N–H and O–H groups in total. The summed E-state index contributed by atoms with van der Waals surface area (Å²) in [4.78, 5) is 0. The Balaban J connectivity index is 2.09. The maximum absolute atomic E-state index is 9.98. The predicted molar refractivity (Wildman–Crippen MR) is 81.2 cm³/mol. The first-order valence-electron chi connectivity index (χ1n) is 6.99. The lowest BCUT2D eigenvalue weighted by Gasteiger charge is -2.25. The molecule has 2 nitrogen and oxygen atoms in total. The minimum absolute atomic E-state index is 0.258. The SMILES string of the molecule is Oc1ccc(C2=C(c3ccccc3)CC(O)CC2)cc1. The summed E-state index contributed by atoms with van der Waals surface area (Å²) in [5, 5.41) is 19.4. The van der Waals surface area contributed by atoms with Gasteiger partial charge in [0, 0.05) is 0 Å². The molecule has 102 valence electrons. The summed E-state index contributed by atoms with van der Waals surface area (Å²) in [7, 11) is 0. The van der Waals surface area contributed by atoms with Gasteiger partial charge in [-0.3, -0.25) is 0 Å². The first kappa shape index (κ1) is 12.9. The maximum atomic E-state index is 9.98. The van der Waals surface area contributed by atoms with Gasteiger partial charge in [-0.05, 0) is 53.7 Å². The largest absolute Gasteiger partial charge is 0.508 e. The van der Waals surface area contributed by atoms with E-state index in [0.717, 1.165) is 18.4 Å². The number of phenols is 1. The second kappa shape index (κ2) is 5.51. The molecule has 3 rings (SSSR count). The fourth-order valence-corrected chi connectivity index (χ4v) is 2.84. The Bertz CT molecular complexity index is 612. The highest BCUT2D eigenvalue weighted by molar-refractivity contribution is 5.91. The molecule has 2 aromatic rings. The Hall–Kier alpha value is -2.06. The summed E-state index contributed by atoms with van der Waals surface area (Å²) in [6.07, 6.45) is 2.11. The van der Waals surface area contributed by atoms with Crippen molar-refractivity contribution in [1.29, 1.82) is 0 Å². The number of hydrogen-bond acceptors (Lipinski definition) is 2. The second-order valence-electron chi connectivity index (χ2n) is 5.27. The fraction of sp³-hybridized carbons (Fsp3) is 0.222. The summed E-state index contributed by atoms with van der Waals surface area (Å²) in [5.74, 6) is 0.284. The molecule has 0 radical (unpaired) electrons. The highest BCUT2D eigenvalue weighted by Gasteiger charge is 2.21. The van der Waals surface area contributed by atoms with Gasteiger partial charge in [0.2, 0.25) is 0 Å². The van der Waals surface area contributed by atoms with Gasteiger partial charge in [-0.15, -0.1) is 0 Å². The van der Waals surface area contributed by atoms with Gasteiger partial charge in [0.15, 0.2) is 0 Å². The first-order valence-corrected chi connectivity index (χ1v) is 6.99. The molecular weight excluding hydrogens is 248 g/mol. The molecule has 0 heterocycles. The lowest BCUT2D eigenvalue weighted by Crippen LogP contribution is -2.14. The van der Waals surface area contributed by atoms with Crippen LogP contribution in [0.5, 0.6) is 5.75 Å². The van der Waals surface area contributed by atoms with Gasteiger partial charge >= 0.3 is 0 Å². The van der Waals surface area contributed by atoms with Gasteiger partial charge in [0.1, 0.15) is 5.75 Å². The van der Waals surface area contributed by atoms with E-state index in [0.29, 0.717) is 6.42 Å². The van der Waals surface area contributed by atoms with Gasteiger partial charge in [-0.1, -0.05) is 42.5 Å². The van der Waals surface area contributed by atoms with Crippen LogP contribution in [0.3, 0.4) is 0 Å². The van der Waals surface area contributed by atoms with Crippen molar-refractivity contribution in [3.8, 4) is 5.75 Å². The van der Waals surface area contributed by atoms with E-state index in [1.807, 2.05) is 30.3 Å². The zero-order valence-corrected chi connectivity index (χ0v) is 11.3. The van der Waals surface area contributed by atoms with Gasteiger partial charge in [0.25, 0.3) is 0 Å². The number of benzene rings is 2. The van der Waals surface area contributed by atoms with Crippen molar-refractivity contribution in [1.82, 2.24) is 0 Å². The van der Waals surface area contributed by atoms with Crippen LogP contribution in [-0.2, 0) is 0 Å². The average Bonchev–Trinajstić information content (AvgIpc) is 2.49. The van der Waals surface area contributed by atoms with E-state index in [2.05, 4.69) is 12.1 Å².